The van der Waals surface area contributed by atoms with Crippen LogP contribution in [0.2, 0.25) is 0 Å². The molecule has 0 aliphatic heterocycles. The van der Waals surface area contributed by atoms with Crippen molar-refractivity contribution in [2.24, 2.45) is 34.5 Å². The molecule has 4 aliphatic rings. The first-order valence-corrected chi connectivity index (χ1v) is 9.75. The average molecular weight is 313 g/mol. The Kier molecular flexibility index (Phi) is 3.84. The van der Waals surface area contributed by atoms with E-state index < -0.39 is 0 Å². The van der Waals surface area contributed by atoms with Crippen molar-refractivity contribution in [1.82, 2.24) is 0 Å². The summed E-state index contributed by atoms with van der Waals surface area (Å²) in [6.07, 6.45) is 14.4. The van der Waals surface area contributed by atoms with Crippen LogP contribution in [0.25, 0.3) is 0 Å². The molecule has 2 nitrogen and oxygen atoms in total. The van der Waals surface area contributed by atoms with Crippen molar-refractivity contribution in [3.8, 4) is 6.07 Å². The molecule has 6 atom stereocenters. The number of allylic oxidation sites excluding steroid dienone is 2. The molecule has 23 heavy (non-hydrogen) atoms. The fraction of sp³-hybridized carbons (Fsp3) is 0.857. The van der Waals surface area contributed by atoms with E-state index in [4.69, 9.17) is 4.74 Å². The van der Waals surface area contributed by atoms with Crippen LogP contribution >= 0.6 is 0 Å². The molecule has 4 aliphatic carbocycles. The number of nitriles is 1. The molecule has 0 radical (unpaired) electrons. The standard InChI is InChI=1S/C21H31NO/c1-20-12-10-19-17(18(20)9-7-16(20)13-22)8-6-15-5-3-4-11-21(15,19)14-23-2/h7,15,17-19H,3-6,8-12,14H2,1-2H3. The topological polar surface area (TPSA) is 33.0 Å². The Balaban J connectivity index is 1.67. The first-order chi connectivity index (χ1) is 11.2. The van der Waals surface area contributed by atoms with Gasteiger partial charge in [0.25, 0.3) is 0 Å². The molecule has 3 fully saturated rings. The number of ether oxygens (including phenoxy) is 1. The van der Waals surface area contributed by atoms with Gasteiger partial charge in [-0.15, -0.1) is 0 Å². The van der Waals surface area contributed by atoms with Crippen LogP contribution in [0, 0.1) is 45.8 Å². The lowest BCUT2D eigenvalue weighted by molar-refractivity contribution is -0.137. The Morgan fingerprint density at radius 2 is 2.04 bits per heavy atom. The van der Waals surface area contributed by atoms with Gasteiger partial charge in [-0.2, -0.15) is 5.26 Å². The van der Waals surface area contributed by atoms with Crippen LogP contribution in [0.15, 0.2) is 11.6 Å². The molecule has 0 heterocycles. The number of rotatable bonds is 2. The number of nitrogens with zero attached hydrogens (tertiary/aromatic N) is 1. The fourth-order valence-corrected chi connectivity index (χ4v) is 7.36. The van der Waals surface area contributed by atoms with E-state index in [-0.39, 0.29) is 5.41 Å². The molecular weight excluding hydrogens is 282 g/mol. The predicted molar refractivity (Wildman–Crippen MR) is 91.6 cm³/mol. The van der Waals surface area contributed by atoms with Gasteiger partial charge in [0.1, 0.15) is 0 Å². The second kappa shape index (κ2) is 5.62. The summed E-state index contributed by atoms with van der Waals surface area (Å²) in [5.41, 5.74) is 1.71. The van der Waals surface area contributed by atoms with Gasteiger partial charge in [0.05, 0.1) is 12.7 Å². The second-order valence-corrected chi connectivity index (χ2v) is 8.98. The second-order valence-electron chi connectivity index (χ2n) is 8.98. The predicted octanol–water partition coefficient (Wildman–Crippen LogP) is 5.11. The maximum atomic E-state index is 9.55. The number of hydrogen-bond acceptors (Lipinski definition) is 2. The Bertz CT molecular complexity index is 543. The minimum Gasteiger partial charge on any atom is -0.384 e. The highest BCUT2D eigenvalue weighted by atomic mass is 16.5. The molecule has 4 rings (SSSR count). The smallest absolute Gasteiger partial charge is 0.0949 e. The lowest BCUT2D eigenvalue weighted by atomic mass is 9.44. The van der Waals surface area contributed by atoms with Gasteiger partial charge in [0.15, 0.2) is 0 Å². The van der Waals surface area contributed by atoms with E-state index in [0.29, 0.717) is 11.3 Å². The van der Waals surface area contributed by atoms with Crippen molar-refractivity contribution in [3.63, 3.8) is 0 Å². The van der Waals surface area contributed by atoms with Crippen molar-refractivity contribution in [3.05, 3.63) is 11.6 Å². The molecule has 2 heteroatoms. The molecule has 0 saturated heterocycles. The molecule has 0 N–H and O–H groups in total. The molecule has 0 spiro atoms. The maximum absolute atomic E-state index is 9.55. The van der Waals surface area contributed by atoms with Gasteiger partial charge >= 0.3 is 0 Å². The van der Waals surface area contributed by atoms with E-state index in [1.807, 2.05) is 7.11 Å². The van der Waals surface area contributed by atoms with Gasteiger partial charge in [0.2, 0.25) is 0 Å². The van der Waals surface area contributed by atoms with Gasteiger partial charge in [-0.3, -0.25) is 0 Å². The summed E-state index contributed by atoms with van der Waals surface area (Å²) < 4.78 is 5.80. The quantitative estimate of drug-likeness (QED) is 0.710. The summed E-state index contributed by atoms with van der Waals surface area (Å²) in [6, 6.07) is 2.53. The van der Waals surface area contributed by atoms with Crippen molar-refractivity contribution >= 4 is 0 Å². The Morgan fingerprint density at radius 1 is 1.17 bits per heavy atom. The molecule has 0 amide bonds. The molecule has 3 saturated carbocycles. The van der Waals surface area contributed by atoms with E-state index in [0.717, 1.165) is 36.4 Å². The Hall–Kier alpha value is -0.810. The Morgan fingerprint density at radius 3 is 2.83 bits per heavy atom. The molecular formula is C21H31NO. The zero-order valence-electron chi connectivity index (χ0n) is 14.8. The summed E-state index contributed by atoms with van der Waals surface area (Å²) in [4.78, 5) is 0. The fourth-order valence-electron chi connectivity index (χ4n) is 7.36. The third kappa shape index (κ3) is 2.08. The van der Waals surface area contributed by atoms with Crippen LogP contribution < -0.4 is 0 Å². The third-order valence-corrected chi connectivity index (χ3v) is 8.40. The first kappa shape index (κ1) is 15.7. The first-order valence-electron chi connectivity index (χ1n) is 9.75. The largest absolute Gasteiger partial charge is 0.384 e. The Labute approximate surface area is 141 Å². The van der Waals surface area contributed by atoms with E-state index in [1.54, 1.807) is 0 Å². The van der Waals surface area contributed by atoms with E-state index in [2.05, 4.69) is 19.1 Å². The lowest BCUT2D eigenvalue weighted by Crippen LogP contribution is -2.55. The number of fused-ring (bicyclic) bond motifs is 5. The molecule has 0 bridgehead atoms. The van der Waals surface area contributed by atoms with E-state index in [1.165, 1.54) is 51.4 Å². The zero-order chi connectivity index (χ0) is 16.1. The molecule has 0 aromatic rings. The van der Waals surface area contributed by atoms with Gasteiger partial charge in [-0.25, -0.2) is 0 Å². The van der Waals surface area contributed by atoms with Crippen LogP contribution in [0.3, 0.4) is 0 Å². The average Bonchev–Trinajstić information content (AvgIpc) is 2.91. The maximum Gasteiger partial charge on any atom is 0.0949 e. The van der Waals surface area contributed by atoms with Crippen LogP contribution in [0.4, 0.5) is 0 Å². The van der Waals surface area contributed by atoms with Crippen molar-refractivity contribution in [1.29, 1.82) is 5.26 Å². The van der Waals surface area contributed by atoms with Crippen LogP contribution in [0.1, 0.15) is 64.7 Å². The van der Waals surface area contributed by atoms with E-state index in [9.17, 15) is 5.26 Å². The van der Waals surface area contributed by atoms with Gasteiger partial charge in [-0.1, -0.05) is 25.8 Å². The molecule has 126 valence electrons. The monoisotopic (exact) mass is 313 g/mol. The van der Waals surface area contributed by atoms with E-state index >= 15 is 0 Å². The molecule has 6 unspecified atom stereocenters. The summed E-state index contributed by atoms with van der Waals surface area (Å²) >= 11 is 0. The summed E-state index contributed by atoms with van der Waals surface area (Å²) in [5, 5.41) is 9.55. The highest BCUT2D eigenvalue weighted by Crippen LogP contribution is 2.66. The molecule has 0 aromatic heterocycles. The van der Waals surface area contributed by atoms with Crippen molar-refractivity contribution in [2.45, 2.75) is 64.7 Å². The number of methoxy groups -OCH3 is 1. The lowest BCUT2D eigenvalue weighted by Gasteiger charge is -2.61. The summed E-state index contributed by atoms with van der Waals surface area (Å²) in [5.74, 6) is 3.27. The minimum atomic E-state index is 0.172. The van der Waals surface area contributed by atoms with Crippen LogP contribution in [-0.4, -0.2) is 13.7 Å². The van der Waals surface area contributed by atoms with Gasteiger partial charge in [0, 0.05) is 18.1 Å². The highest BCUT2D eigenvalue weighted by molar-refractivity contribution is 5.35. The van der Waals surface area contributed by atoms with Crippen LogP contribution in [-0.2, 0) is 4.74 Å². The summed E-state index contributed by atoms with van der Waals surface area (Å²) in [6.45, 7) is 3.35. The molecule has 0 aromatic carbocycles. The van der Waals surface area contributed by atoms with Crippen LogP contribution in [0.5, 0.6) is 0 Å². The zero-order valence-corrected chi connectivity index (χ0v) is 14.8. The SMILES string of the molecule is COCC12CCCCC1CCC1C3CC=C(C#N)C3(C)CCC12. The normalized spacial score (nSPS) is 48.7. The summed E-state index contributed by atoms with van der Waals surface area (Å²) in [7, 11) is 1.90. The van der Waals surface area contributed by atoms with Crippen molar-refractivity contribution in [2.75, 3.05) is 13.7 Å². The van der Waals surface area contributed by atoms with Gasteiger partial charge < -0.3 is 4.74 Å². The third-order valence-electron chi connectivity index (χ3n) is 8.40. The highest BCUT2D eigenvalue weighted by Gasteiger charge is 2.59. The van der Waals surface area contributed by atoms with Gasteiger partial charge in [-0.05, 0) is 74.0 Å². The van der Waals surface area contributed by atoms with Crippen molar-refractivity contribution < 1.29 is 4.74 Å². The minimum absolute atomic E-state index is 0.172. The number of hydrogen-bond donors (Lipinski definition) is 0.